The number of benzene rings is 8. The molecule has 4 amide bonds. The number of aromatic hydroxyl groups is 4. The lowest BCUT2D eigenvalue weighted by Gasteiger charge is -2.58. The Morgan fingerprint density at radius 3 is 1.07 bits per heavy atom. The third-order valence-corrected chi connectivity index (χ3v) is 34.1. The normalized spacial score (nSPS) is 25.2. The summed E-state index contributed by atoms with van der Waals surface area (Å²) in [5.41, 5.74) is 15.4. The standard InChI is InChI=1S/C27H32N2O9.C27H30N2O9.C27H32N2O8.C27H30N2O8/c2*1-10-20(31)17-16(26-24(10)37-9-38-26)14(8-30)29-19(21(17)32)18-15-12(7-13(27(29)33)28(18)3)22(34-4)11(2)23(35-5)25(15)36-6;2*1-11-21(31)13-7-15-20-19-14(22(33-4)12(2)23(34-5)25(19)35-6)8-16(28(20)3)27(32)29(15)17(9-30)18(13)26-24(11)36-10-37-26/h13-14,18-19,21,30-32H,7-9H2,1-6H3;13-14,18-19,30-31H,7-9H2,1-6H3;15-17,20,30-31H,7-10H2,1-6H3;7,16-17,20,30-31H,8-10H2,1-6H3/t13-,14-,18+,19+,21?;13-,14-,18+,19+;15?,16-,17-,20-;16-,17-,20-/m0000/s1. The van der Waals surface area contributed by atoms with E-state index < -0.39 is 110 Å². The molecule has 8 bridgehead atoms. The second-order valence-electron chi connectivity index (χ2n) is 40.1. The quantitative estimate of drug-likeness (QED) is 0.0440. The van der Waals surface area contributed by atoms with Crippen molar-refractivity contribution >= 4 is 35.5 Å². The molecule has 16 aliphatic heterocycles. The van der Waals surface area contributed by atoms with Crippen LogP contribution in [-0.2, 0) is 51.3 Å². The minimum absolute atomic E-state index is 0.00619. The minimum Gasteiger partial charge on any atom is -0.507 e. The van der Waals surface area contributed by atoms with Crippen LogP contribution < -0.4 is 94.7 Å². The second-order valence-corrected chi connectivity index (χ2v) is 40.1. The lowest BCUT2D eigenvalue weighted by Crippen LogP contribution is -2.68. The van der Waals surface area contributed by atoms with E-state index in [1.165, 1.54) is 19.1 Å². The van der Waals surface area contributed by atoms with E-state index in [0.717, 1.165) is 61.2 Å². The van der Waals surface area contributed by atoms with E-state index in [-0.39, 0.29) is 115 Å². The van der Waals surface area contributed by atoms with Crippen molar-refractivity contribution in [3.8, 4) is 138 Å². The minimum atomic E-state index is -1.31. The highest BCUT2D eigenvalue weighted by atomic mass is 16.7. The molecule has 8 aromatic carbocycles. The van der Waals surface area contributed by atoms with Gasteiger partial charge in [0, 0.05) is 159 Å². The maximum absolute atomic E-state index is 14.4. The molecule has 800 valence electrons. The van der Waals surface area contributed by atoms with Crippen molar-refractivity contribution in [3.05, 3.63) is 139 Å². The number of carbonyl (C=O) groups excluding carboxylic acids is 5. The number of piperazine rings is 4. The number of rotatable bonds is 16. The number of likely N-dealkylation sites (N-methyl/N-ethyl adjacent to an activating group) is 4. The number of nitrogens with zero attached hydrogens (tertiary/aromatic N) is 8. The van der Waals surface area contributed by atoms with Crippen LogP contribution in [0.1, 0.15) is 193 Å². The van der Waals surface area contributed by atoms with Gasteiger partial charge in [-0.3, -0.25) is 43.6 Å². The Morgan fingerprint density at radius 1 is 0.300 bits per heavy atom. The van der Waals surface area contributed by atoms with E-state index in [1.54, 1.807) is 121 Å². The van der Waals surface area contributed by atoms with Crippen LogP contribution in [0.15, 0.2) is 5.70 Å². The lowest BCUT2D eigenvalue weighted by molar-refractivity contribution is -0.168. The van der Waals surface area contributed by atoms with Crippen LogP contribution in [-0.4, -0.2) is 324 Å². The fraction of sp³-hybridized carbons (Fsp3) is 0.491. The number of fused-ring (bicyclic) bond motifs is 36. The molecule has 0 radical (unpaired) electrons. The van der Waals surface area contributed by atoms with Crippen LogP contribution in [0, 0.1) is 55.4 Å². The Balaban J connectivity index is 0.000000117. The molecule has 2 unspecified atom stereocenters. The molecular formula is C108H124N8O34. The summed E-state index contributed by atoms with van der Waals surface area (Å²) in [7, 11) is 26.4. The zero-order chi connectivity index (χ0) is 107. The van der Waals surface area contributed by atoms with Gasteiger partial charge in [0.2, 0.25) is 50.8 Å². The number of carbonyl (C=O) groups is 5. The smallest absolute Gasteiger partial charge is 0.245 e. The van der Waals surface area contributed by atoms with Crippen LogP contribution in [0.4, 0.5) is 0 Å². The summed E-state index contributed by atoms with van der Waals surface area (Å²) in [5.74, 6) is 8.41. The third kappa shape index (κ3) is 13.5. The zero-order valence-electron chi connectivity index (χ0n) is 87.8. The Morgan fingerprint density at radius 2 is 0.633 bits per heavy atom. The molecule has 0 aliphatic carbocycles. The summed E-state index contributed by atoms with van der Waals surface area (Å²) >= 11 is 0. The van der Waals surface area contributed by atoms with Crippen LogP contribution in [0.25, 0.3) is 6.08 Å². The largest absolute Gasteiger partial charge is 0.507 e. The van der Waals surface area contributed by atoms with Gasteiger partial charge in [0.1, 0.15) is 58.1 Å². The number of Topliss-reactive ketones (excluding diaryl/α,β-unsaturated/α-hetero) is 1. The van der Waals surface area contributed by atoms with Gasteiger partial charge in [0.25, 0.3) is 0 Å². The van der Waals surface area contributed by atoms with Gasteiger partial charge in [0.05, 0.1) is 202 Å². The number of phenols is 4. The monoisotopic (exact) mass is 2080 g/mol. The Kier molecular flexibility index (Phi) is 25.4. The maximum atomic E-state index is 14.4. The first-order chi connectivity index (χ1) is 72.0. The molecule has 0 saturated carbocycles. The number of aliphatic hydroxyl groups excluding tert-OH is 5. The number of hydrogen-bond donors (Lipinski definition) is 9. The van der Waals surface area contributed by atoms with Crippen LogP contribution in [0.3, 0.4) is 0 Å². The second kappa shape index (κ2) is 37.5. The average molecular weight is 2080 g/mol. The summed E-state index contributed by atoms with van der Waals surface area (Å²) in [6, 6.07) is -9.70. The molecule has 150 heavy (non-hydrogen) atoms. The predicted octanol–water partition coefficient (Wildman–Crippen LogP) is 8.21. The molecule has 8 aromatic rings. The molecule has 42 heteroatoms. The lowest BCUT2D eigenvalue weighted by atomic mass is 9.72. The van der Waals surface area contributed by atoms with Gasteiger partial charge in [-0.1, -0.05) is 0 Å². The van der Waals surface area contributed by atoms with Gasteiger partial charge >= 0.3 is 0 Å². The van der Waals surface area contributed by atoms with Crippen LogP contribution in [0.2, 0.25) is 0 Å². The molecule has 0 aromatic heterocycles. The van der Waals surface area contributed by atoms with E-state index in [0.29, 0.717) is 203 Å². The van der Waals surface area contributed by atoms with Gasteiger partial charge in [-0.05, 0) is 96.1 Å². The predicted molar refractivity (Wildman–Crippen MR) is 530 cm³/mol. The highest BCUT2D eigenvalue weighted by Crippen LogP contribution is 2.68. The van der Waals surface area contributed by atoms with Crippen molar-refractivity contribution in [2.24, 2.45) is 0 Å². The van der Waals surface area contributed by atoms with Gasteiger partial charge < -0.3 is 160 Å². The molecular weight excluding hydrogens is 1950 g/mol. The Hall–Kier alpha value is -14.1. The Bertz CT molecular complexity index is 7120. The molecule has 9 N–H and O–H groups in total. The van der Waals surface area contributed by atoms with Crippen molar-refractivity contribution < 1.29 is 165 Å². The highest BCUT2D eigenvalue weighted by molar-refractivity contribution is 6.10. The van der Waals surface area contributed by atoms with Crippen LogP contribution in [0.5, 0.6) is 138 Å². The first kappa shape index (κ1) is 102. The van der Waals surface area contributed by atoms with Crippen molar-refractivity contribution in [2.75, 3.05) is 167 Å². The molecule has 4 saturated heterocycles. The fourth-order valence-corrected chi connectivity index (χ4v) is 27.7. The summed E-state index contributed by atoms with van der Waals surface area (Å²) in [6.07, 6.45) is 2.34. The molecule has 24 rings (SSSR count). The highest BCUT2D eigenvalue weighted by Gasteiger charge is 2.65. The number of ether oxygens (including phenoxy) is 20. The maximum Gasteiger partial charge on any atom is 0.245 e. The van der Waals surface area contributed by atoms with Gasteiger partial charge in [-0.2, -0.15) is 0 Å². The molecule has 16 atom stereocenters. The first-order valence-electron chi connectivity index (χ1n) is 49.4. The summed E-state index contributed by atoms with van der Waals surface area (Å²) in [6.45, 7) is 12.7. The van der Waals surface area contributed by atoms with Crippen molar-refractivity contribution in [1.82, 2.24) is 39.2 Å². The fourth-order valence-electron chi connectivity index (χ4n) is 27.7. The van der Waals surface area contributed by atoms with E-state index in [2.05, 4.69) is 4.90 Å². The number of methoxy groups -OCH3 is 12. The molecule has 0 spiro atoms. The summed E-state index contributed by atoms with van der Waals surface area (Å²) in [5, 5.41) is 99.6. The average Bonchev–Trinajstić information content (AvgIpc) is 0.864. The van der Waals surface area contributed by atoms with E-state index in [1.807, 2.05) is 69.6 Å². The Labute approximate surface area is 863 Å². The van der Waals surface area contributed by atoms with Crippen molar-refractivity contribution in [1.29, 1.82) is 0 Å². The summed E-state index contributed by atoms with van der Waals surface area (Å²) in [4.78, 5) is 85.2. The molecule has 4 fully saturated rings. The first-order valence-corrected chi connectivity index (χ1v) is 49.4. The number of hydrogen-bond acceptors (Lipinski definition) is 38. The van der Waals surface area contributed by atoms with Gasteiger partial charge in [-0.15, -0.1) is 0 Å². The van der Waals surface area contributed by atoms with E-state index >= 15 is 0 Å². The van der Waals surface area contributed by atoms with Gasteiger partial charge in [0.15, 0.2) is 97.8 Å². The SMILES string of the molecule is COc1c(C)c(OC)c(OC)c2c1C[C@H]1C(=O)N3C(=Cc4c(O)c(C)c5c(c4[C@@H]3CO)OCO5)[C@@H]2N1C.COc1c(C)c(OC)c(OC)c2c1C[C@H]1C(=O)N3C(Cc4c(O)c(C)c5c(c4[C@@H]3CO)OCO5)[C@@H]2N1C.COc1c(C)c(OC)c(OC)c2c1C[C@H]1C(=O)N3[C@@H](CO)c4c5c(c(C)c(O)c4C(=O)[C@H]3[C@@H]2N1C)OCO5.COc1c(C)c(OC)c(OC)c2c1C[C@H]1C(=O)N3[C@@H](CO)c4c5c(c(C)c(O)c4C(O)[C@H]3[C@@H]2N1C)OCO5. The number of aliphatic hydroxyl groups is 5. The molecule has 16 heterocycles. The molecule has 16 aliphatic rings. The van der Waals surface area contributed by atoms with E-state index in [4.69, 9.17) is 94.7 Å². The number of phenolic OH excluding ortho intramolecular Hbond substituents is 4. The van der Waals surface area contributed by atoms with Crippen molar-refractivity contribution in [3.63, 3.8) is 0 Å². The summed E-state index contributed by atoms with van der Waals surface area (Å²) < 4.78 is 115. The van der Waals surface area contributed by atoms with Gasteiger partial charge in [-0.25, -0.2) is 0 Å². The molecule has 42 nitrogen and oxygen atoms in total. The zero-order valence-corrected chi connectivity index (χ0v) is 87.8. The number of ketones is 1. The topological polar surface area (TPSA) is 478 Å². The van der Waals surface area contributed by atoms with Crippen LogP contribution >= 0.6 is 0 Å². The van der Waals surface area contributed by atoms with Crippen molar-refractivity contribution in [2.45, 2.75) is 184 Å². The van der Waals surface area contributed by atoms with E-state index in [9.17, 15) is 69.9 Å². The third-order valence-electron chi connectivity index (χ3n) is 34.1. The number of amides is 4.